The molecule has 2 amide bonds. The summed E-state index contributed by atoms with van der Waals surface area (Å²) in [5.41, 5.74) is 3.10. The highest BCUT2D eigenvalue weighted by molar-refractivity contribution is 7.10. The average molecular weight is 497 g/mol. The molecule has 2 heterocycles. The molecule has 34 heavy (non-hydrogen) atoms. The van der Waals surface area contributed by atoms with Crippen molar-refractivity contribution < 1.29 is 14.3 Å². The van der Waals surface area contributed by atoms with Gasteiger partial charge in [0, 0.05) is 23.0 Å². The molecule has 0 saturated carbocycles. The van der Waals surface area contributed by atoms with Gasteiger partial charge in [0.05, 0.1) is 26.1 Å². The molecule has 4 rings (SSSR count). The number of carbonyl (C=O) groups excluding carboxylic acids is 2. The molecular weight excluding hydrogens is 468 g/mol. The quantitative estimate of drug-likeness (QED) is 0.421. The lowest BCUT2D eigenvalue weighted by Gasteiger charge is -2.37. The summed E-state index contributed by atoms with van der Waals surface area (Å²) in [6, 6.07) is 17.1. The lowest BCUT2D eigenvalue weighted by molar-refractivity contribution is -0.141. The molecule has 7 heteroatoms. The molecule has 1 atom stereocenters. The Labute approximate surface area is 209 Å². The van der Waals surface area contributed by atoms with E-state index in [1.807, 2.05) is 60.4 Å². The summed E-state index contributed by atoms with van der Waals surface area (Å²) in [6.45, 7) is 3.27. The van der Waals surface area contributed by atoms with Crippen molar-refractivity contribution in [1.29, 1.82) is 0 Å². The van der Waals surface area contributed by atoms with Crippen LogP contribution in [0.4, 0.5) is 0 Å². The van der Waals surface area contributed by atoms with Crippen molar-refractivity contribution in [3.63, 3.8) is 0 Å². The highest BCUT2D eigenvalue weighted by Crippen LogP contribution is 2.38. The first kappa shape index (κ1) is 24.3. The van der Waals surface area contributed by atoms with E-state index < -0.39 is 0 Å². The molecule has 0 bridgehead atoms. The van der Waals surface area contributed by atoms with Crippen molar-refractivity contribution in [3.8, 4) is 5.75 Å². The predicted molar refractivity (Wildman–Crippen MR) is 137 cm³/mol. The maximum absolute atomic E-state index is 13.6. The van der Waals surface area contributed by atoms with Crippen molar-refractivity contribution >= 4 is 34.8 Å². The Balaban J connectivity index is 1.52. The van der Waals surface area contributed by atoms with E-state index in [0.29, 0.717) is 18.1 Å². The highest BCUT2D eigenvalue weighted by atomic mass is 35.5. The Morgan fingerprint density at radius 3 is 2.53 bits per heavy atom. The van der Waals surface area contributed by atoms with Gasteiger partial charge in [0.25, 0.3) is 0 Å². The van der Waals surface area contributed by atoms with Crippen molar-refractivity contribution in [2.24, 2.45) is 0 Å². The van der Waals surface area contributed by atoms with Gasteiger partial charge in [-0.3, -0.25) is 9.59 Å². The first-order chi connectivity index (χ1) is 16.5. The van der Waals surface area contributed by atoms with Crippen LogP contribution < -0.4 is 4.74 Å². The number of carbonyl (C=O) groups is 2. The molecule has 0 N–H and O–H groups in total. The third-order valence-corrected chi connectivity index (χ3v) is 7.41. The zero-order valence-corrected chi connectivity index (χ0v) is 21.1. The second-order valence-corrected chi connectivity index (χ2v) is 9.87. The zero-order valence-electron chi connectivity index (χ0n) is 19.5. The van der Waals surface area contributed by atoms with Crippen LogP contribution >= 0.6 is 22.9 Å². The summed E-state index contributed by atoms with van der Waals surface area (Å²) >= 11 is 7.85. The van der Waals surface area contributed by atoms with Gasteiger partial charge in [0.2, 0.25) is 11.8 Å². The van der Waals surface area contributed by atoms with E-state index in [9.17, 15) is 9.59 Å². The van der Waals surface area contributed by atoms with Gasteiger partial charge in [0.1, 0.15) is 5.75 Å². The first-order valence-corrected chi connectivity index (χ1v) is 12.8. The Kier molecular flexibility index (Phi) is 7.91. The second-order valence-electron chi connectivity index (χ2n) is 8.43. The molecule has 2 aromatic carbocycles. The number of halogens is 1. The molecule has 0 radical (unpaired) electrons. The van der Waals surface area contributed by atoms with Crippen molar-refractivity contribution in [3.05, 3.63) is 86.6 Å². The number of rotatable bonds is 8. The number of nitrogens with zero attached hydrogens (tertiary/aromatic N) is 2. The van der Waals surface area contributed by atoms with Gasteiger partial charge < -0.3 is 14.5 Å². The summed E-state index contributed by atoms with van der Waals surface area (Å²) in [5, 5.41) is 2.75. The zero-order chi connectivity index (χ0) is 24.1. The number of ether oxygens (including phenoxy) is 1. The summed E-state index contributed by atoms with van der Waals surface area (Å²) in [6.07, 6.45) is 1.87. The number of thiophene rings is 1. The molecule has 0 saturated heterocycles. The minimum absolute atomic E-state index is 0.0340. The standard InChI is InChI=1S/C27H29ClN2O3S/c1-3-14-29(25(31)17-19-4-10-22(33-2)11-5-19)18-26(32)30-15-12-24-23(13-16-34-24)27(30)20-6-8-21(28)9-7-20/h4-11,13,16,27H,3,12,14-15,17-18H2,1-2H3. The van der Waals surface area contributed by atoms with Crippen LogP contribution in [0, 0.1) is 0 Å². The first-order valence-electron chi connectivity index (χ1n) is 11.5. The van der Waals surface area contributed by atoms with E-state index in [1.54, 1.807) is 23.3 Å². The van der Waals surface area contributed by atoms with Crippen molar-refractivity contribution in [1.82, 2.24) is 9.80 Å². The van der Waals surface area contributed by atoms with Gasteiger partial charge in [-0.1, -0.05) is 42.8 Å². The fourth-order valence-electron chi connectivity index (χ4n) is 4.44. The molecule has 0 aliphatic carbocycles. The van der Waals surface area contributed by atoms with Gasteiger partial charge in [0.15, 0.2) is 0 Å². The molecule has 5 nitrogen and oxygen atoms in total. The second kappa shape index (κ2) is 11.1. The summed E-state index contributed by atoms with van der Waals surface area (Å²) < 4.78 is 5.20. The smallest absolute Gasteiger partial charge is 0.242 e. The van der Waals surface area contributed by atoms with E-state index in [4.69, 9.17) is 16.3 Å². The third-order valence-electron chi connectivity index (χ3n) is 6.16. The van der Waals surface area contributed by atoms with Crippen LogP contribution in [0.15, 0.2) is 60.0 Å². The molecule has 0 spiro atoms. The van der Waals surface area contributed by atoms with Crippen molar-refractivity contribution in [2.45, 2.75) is 32.2 Å². The molecular formula is C27H29ClN2O3S. The normalized spacial score (nSPS) is 15.0. The summed E-state index contributed by atoms with van der Waals surface area (Å²) in [5.74, 6) is 0.674. The monoisotopic (exact) mass is 496 g/mol. The lowest BCUT2D eigenvalue weighted by atomic mass is 9.93. The van der Waals surface area contributed by atoms with Crippen LogP contribution in [0.1, 0.15) is 41.0 Å². The number of hydrogen-bond acceptors (Lipinski definition) is 4. The maximum atomic E-state index is 13.6. The maximum Gasteiger partial charge on any atom is 0.242 e. The van der Waals surface area contributed by atoms with Gasteiger partial charge in [-0.05, 0) is 65.2 Å². The minimum atomic E-state index is -0.167. The van der Waals surface area contributed by atoms with E-state index in [2.05, 4.69) is 11.4 Å². The Morgan fingerprint density at radius 1 is 1.12 bits per heavy atom. The number of benzene rings is 2. The van der Waals surface area contributed by atoms with E-state index in [-0.39, 0.29) is 30.8 Å². The number of hydrogen-bond donors (Lipinski definition) is 0. The van der Waals surface area contributed by atoms with E-state index in [0.717, 1.165) is 29.7 Å². The van der Waals surface area contributed by atoms with Gasteiger partial charge in [-0.15, -0.1) is 11.3 Å². The Morgan fingerprint density at radius 2 is 1.85 bits per heavy atom. The number of amides is 2. The van der Waals surface area contributed by atoms with Crippen molar-refractivity contribution in [2.75, 3.05) is 26.7 Å². The van der Waals surface area contributed by atoms with E-state index in [1.165, 1.54) is 10.4 Å². The van der Waals surface area contributed by atoms with Crippen LogP contribution in [0.25, 0.3) is 0 Å². The predicted octanol–water partition coefficient (Wildman–Crippen LogP) is 5.37. The van der Waals surface area contributed by atoms with Crippen LogP contribution in [0.2, 0.25) is 5.02 Å². The molecule has 1 unspecified atom stereocenters. The molecule has 1 aliphatic rings. The molecule has 3 aromatic rings. The summed E-state index contributed by atoms with van der Waals surface area (Å²) in [7, 11) is 1.62. The molecule has 1 aliphatic heterocycles. The fourth-order valence-corrected chi connectivity index (χ4v) is 5.47. The highest BCUT2D eigenvalue weighted by Gasteiger charge is 2.33. The van der Waals surface area contributed by atoms with Gasteiger partial charge in [-0.25, -0.2) is 0 Å². The van der Waals surface area contributed by atoms with Crippen LogP contribution in [-0.2, 0) is 22.4 Å². The molecule has 1 aromatic heterocycles. The minimum Gasteiger partial charge on any atom is -0.497 e. The molecule has 178 valence electrons. The number of methoxy groups -OCH3 is 1. The van der Waals surface area contributed by atoms with E-state index >= 15 is 0 Å². The number of fused-ring (bicyclic) bond motifs is 1. The van der Waals surface area contributed by atoms with Crippen LogP contribution in [0.3, 0.4) is 0 Å². The largest absolute Gasteiger partial charge is 0.497 e. The SMILES string of the molecule is CCCN(CC(=O)N1CCc2sccc2C1c1ccc(Cl)cc1)C(=O)Cc1ccc(OC)cc1. The topological polar surface area (TPSA) is 49.9 Å². The molecule has 0 fully saturated rings. The summed E-state index contributed by atoms with van der Waals surface area (Å²) in [4.78, 5) is 31.6. The van der Waals surface area contributed by atoms with Gasteiger partial charge >= 0.3 is 0 Å². The van der Waals surface area contributed by atoms with Crippen LogP contribution in [-0.4, -0.2) is 48.4 Å². The third kappa shape index (κ3) is 5.45. The van der Waals surface area contributed by atoms with Gasteiger partial charge in [-0.2, -0.15) is 0 Å². The average Bonchev–Trinajstić information content (AvgIpc) is 3.33. The Hall–Kier alpha value is -2.83. The lowest BCUT2D eigenvalue weighted by Crippen LogP contribution is -2.47. The fraction of sp³-hybridized carbons (Fsp3) is 0.333. The van der Waals surface area contributed by atoms with Crippen LogP contribution in [0.5, 0.6) is 5.75 Å². The Bertz CT molecular complexity index is 1130.